The van der Waals surface area contributed by atoms with Gasteiger partial charge in [0.2, 0.25) is 0 Å². The molecule has 0 spiro atoms. The number of hydrogen-bond acceptors (Lipinski definition) is 4. The molecule has 6 rings (SSSR count). The van der Waals surface area contributed by atoms with Gasteiger partial charge in [-0.3, -0.25) is 4.79 Å². The molecule has 6 aromatic rings. The lowest BCUT2D eigenvalue weighted by Gasteiger charge is -2.09. The molecule has 182 valence electrons. The Hall–Kier alpha value is -4.58. The van der Waals surface area contributed by atoms with E-state index in [0.717, 1.165) is 49.8 Å². The lowest BCUT2D eigenvalue weighted by Crippen LogP contribution is -2.09. The van der Waals surface area contributed by atoms with Gasteiger partial charge < -0.3 is 9.72 Å². The van der Waals surface area contributed by atoms with E-state index in [0.29, 0.717) is 24.1 Å². The molecule has 0 saturated heterocycles. The van der Waals surface area contributed by atoms with E-state index in [9.17, 15) is 9.18 Å². The maximum Gasteiger partial charge on any atom is 0.311 e. The first-order valence-corrected chi connectivity index (χ1v) is 12.3. The number of H-pyrrole nitrogens is 1. The fraction of sp³-hybridized carbons (Fsp3) is 0.129. The quantitative estimate of drug-likeness (QED) is 0.197. The molecule has 3 heterocycles. The number of aromatic amines is 1. The standard InChI is InChI=1S/C31H24FN3O2/c1-19-12-13-21-7-4-10-28(30(21)33-19)37-29(36)11-5-8-23-24-18-22(32)15-17-26(24)35-31(23)27-16-14-20-6-2-3-9-25(20)34-27/h2-4,6-7,9-10,12-18,35H,5,8,11H2,1H3. The molecule has 0 unspecified atom stereocenters. The lowest BCUT2D eigenvalue weighted by molar-refractivity contribution is -0.134. The SMILES string of the molecule is Cc1ccc2cccc(OC(=O)CCCc3c(-c4ccc5ccccc5n4)[nH]c4ccc(F)cc34)c2n1. The second kappa shape index (κ2) is 9.47. The van der Waals surface area contributed by atoms with E-state index in [1.54, 1.807) is 12.1 Å². The zero-order valence-corrected chi connectivity index (χ0v) is 20.3. The molecule has 0 aliphatic heterocycles. The second-order valence-corrected chi connectivity index (χ2v) is 9.17. The average molecular weight is 490 g/mol. The predicted molar refractivity (Wildman–Crippen MR) is 144 cm³/mol. The van der Waals surface area contributed by atoms with Crippen LogP contribution in [0, 0.1) is 12.7 Å². The molecule has 0 saturated carbocycles. The average Bonchev–Trinajstić information content (AvgIpc) is 3.26. The molecule has 37 heavy (non-hydrogen) atoms. The van der Waals surface area contributed by atoms with E-state index in [-0.39, 0.29) is 18.2 Å². The van der Waals surface area contributed by atoms with Crippen molar-refractivity contribution in [3.63, 3.8) is 0 Å². The van der Waals surface area contributed by atoms with Crippen molar-refractivity contribution in [1.29, 1.82) is 0 Å². The molecule has 1 N–H and O–H groups in total. The van der Waals surface area contributed by atoms with E-state index in [1.165, 1.54) is 12.1 Å². The van der Waals surface area contributed by atoms with E-state index < -0.39 is 0 Å². The summed E-state index contributed by atoms with van der Waals surface area (Å²) in [4.78, 5) is 25.6. The van der Waals surface area contributed by atoms with E-state index >= 15 is 0 Å². The van der Waals surface area contributed by atoms with Gasteiger partial charge in [-0.15, -0.1) is 0 Å². The van der Waals surface area contributed by atoms with Crippen LogP contribution in [0.5, 0.6) is 5.75 Å². The minimum atomic E-state index is -0.327. The number of fused-ring (bicyclic) bond motifs is 3. The number of carbonyl (C=O) groups is 1. The number of carbonyl (C=O) groups excluding carboxylic acids is 1. The molecule has 0 fully saturated rings. The number of aromatic nitrogens is 3. The van der Waals surface area contributed by atoms with E-state index in [2.05, 4.69) is 9.97 Å². The molecule has 3 aromatic heterocycles. The van der Waals surface area contributed by atoms with Gasteiger partial charge in [-0.25, -0.2) is 14.4 Å². The number of esters is 1. The summed E-state index contributed by atoms with van der Waals surface area (Å²) >= 11 is 0. The van der Waals surface area contributed by atoms with Gasteiger partial charge in [0.25, 0.3) is 0 Å². The highest BCUT2D eigenvalue weighted by Crippen LogP contribution is 2.32. The van der Waals surface area contributed by atoms with Crippen molar-refractivity contribution in [2.75, 3.05) is 0 Å². The number of para-hydroxylation sites is 2. The lowest BCUT2D eigenvalue weighted by atomic mass is 10.0. The Morgan fingerprint density at radius 1 is 0.919 bits per heavy atom. The molecule has 0 aliphatic rings. The molecule has 0 amide bonds. The van der Waals surface area contributed by atoms with Crippen LogP contribution in [0.15, 0.2) is 84.9 Å². The van der Waals surface area contributed by atoms with Crippen LogP contribution in [-0.4, -0.2) is 20.9 Å². The second-order valence-electron chi connectivity index (χ2n) is 9.17. The fourth-order valence-electron chi connectivity index (χ4n) is 4.79. The highest BCUT2D eigenvalue weighted by Gasteiger charge is 2.17. The molecule has 0 bridgehead atoms. The number of ether oxygens (including phenoxy) is 1. The molecule has 6 heteroatoms. The van der Waals surface area contributed by atoms with E-state index in [1.807, 2.05) is 67.6 Å². The summed E-state index contributed by atoms with van der Waals surface area (Å²) in [6.07, 6.45) is 1.32. The first kappa shape index (κ1) is 22.9. The van der Waals surface area contributed by atoms with Gasteiger partial charge in [-0.1, -0.05) is 42.5 Å². The zero-order chi connectivity index (χ0) is 25.4. The summed E-state index contributed by atoms with van der Waals surface area (Å²) in [5.74, 6) is -0.169. The molecule has 3 aromatic carbocycles. The number of benzene rings is 3. The van der Waals surface area contributed by atoms with Gasteiger partial charge in [0, 0.05) is 33.8 Å². The topological polar surface area (TPSA) is 67.9 Å². The number of pyridine rings is 2. The molecular weight excluding hydrogens is 465 g/mol. The molecule has 0 atom stereocenters. The summed E-state index contributed by atoms with van der Waals surface area (Å²) in [5.41, 5.74) is 5.82. The van der Waals surface area contributed by atoms with Crippen LogP contribution in [0.3, 0.4) is 0 Å². The van der Waals surface area contributed by atoms with Gasteiger partial charge >= 0.3 is 5.97 Å². The van der Waals surface area contributed by atoms with Crippen molar-refractivity contribution in [2.24, 2.45) is 0 Å². The Labute approximate surface area is 213 Å². The first-order valence-electron chi connectivity index (χ1n) is 12.3. The number of nitrogens with zero attached hydrogens (tertiary/aromatic N) is 2. The Bertz CT molecular complexity index is 1790. The normalized spacial score (nSPS) is 11.4. The largest absolute Gasteiger partial charge is 0.424 e. The van der Waals surface area contributed by atoms with Crippen LogP contribution < -0.4 is 4.74 Å². The number of nitrogens with one attached hydrogen (secondary N) is 1. The Morgan fingerprint density at radius 3 is 2.68 bits per heavy atom. The molecule has 0 radical (unpaired) electrons. The minimum Gasteiger partial charge on any atom is -0.424 e. The van der Waals surface area contributed by atoms with Crippen molar-refractivity contribution >= 4 is 38.7 Å². The Morgan fingerprint density at radius 2 is 1.76 bits per heavy atom. The van der Waals surface area contributed by atoms with Crippen LogP contribution >= 0.6 is 0 Å². The van der Waals surface area contributed by atoms with Crippen LogP contribution in [0.2, 0.25) is 0 Å². The number of aryl methyl sites for hydroxylation is 2. The summed E-state index contributed by atoms with van der Waals surface area (Å²) in [6.45, 7) is 1.91. The van der Waals surface area contributed by atoms with Gasteiger partial charge in [0.1, 0.15) is 11.3 Å². The molecular formula is C31H24FN3O2. The van der Waals surface area contributed by atoms with Crippen LogP contribution in [0.4, 0.5) is 4.39 Å². The van der Waals surface area contributed by atoms with Crippen molar-refractivity contribution < 1.29 is 13.9 Å². The Kier molecular flexibility index (Phi) is 5.85. The maximum atomic E-state index is 14.2. The van der Waals surface area contributed by atoms with Crippen LogP contribution in [-0.2, 0) is 11.2 Å². The van der Waals surface area contributed by atoms with Gasteiger partial charge in [-0.2, -0.15) is 0 Å². The summed E-state index contributed by atoms with van der Waals surface area (Å²) in [7, 11) is 0. The first-order chi connectivity index (χ1) is 18.0. The van der Waals surface area contributed by atoms with Crippen LogP contribution in [0.25, 0.3) is 44.1 Å². The molecule has 0 aliphatic carbocycles. The van der Waals surface area contributed by atoms with E-state index in [4.69, 9.17) is 9.72 Å². The monoisotopic (exact) mass is 489 g/mol. The summed E-state index contributed by atoms with van der Waals surface area (Å²) < 4.78 is 19.9. The maximum absolute atomic E-state index is 14.2. The van der Waals surface area contributed by atoms with Crippen LogP contribution in [0.1, 0.15) is 24.1 Å². The van der Waals surface area contributed by atoms with Gasteiger partial charge in [-0.05, 0) is 67.8 Å². The number of hydrogen-bond donors (Lipinski definition) is 1. The number of halogens is 1. The molecule has 5 nitrogen and oxygen atoms in total. The highest BCUT2D eigenvalue weighted by molar-refractivity contribution is 5.92. The van der Waals surface area contributed by atoms with Crippen molar-refractivity contribution in [2.45, 2.75) is 26.2 Å². The van der Waals surface area contributed by atoms with Crippen molar-refractivity contribution in [3.05, 3.63) is 102 Å². The zero-order valence-electron chi connectivity index (χ0n) is 20.3. The van der Waals surface area contributed by atoms with Crippen molar-refractivity contribution in [3.8, 4) is 17.1 Å². The fourth-order valence-corrected chi connectivity index (χ4v) is 4.79. The third-order valence-corrected chi connectivity index (χ3v) is 6.58. The van der Waals surface area contributed by atoms with Gasteiger partial charge in [0.15, 0.2) is 5.75 Å². The Balaban J connectivity index is 1.26. The third-order valence-electron chi connectivity index (χ3n) is 6.58. The van der Waals surface area contributed by atoms with Crippen molar-refractivity contribution in [1.82, 2.24) is 15.0 Å². The predicted octanol–water partition coefficient (Wildman–Crippen LogP) is 7.31. The minimum absolute atomic E-state index is 0.217. The summed E-state index contributed by atoms with van der Waals surface area (Å²) in [6, 6.07) is 26.1. The van der Waals surface area contributed by atoms with Gasteiger partial charge in [0.05, 0.1) is 16.9 Å². The number of rotatable bonds is 6. The highest BCUT2D eigenvalue weighted by atomic mass is 19.1. The smallest absolute Gasteiger partial charge is 0.311 e. The third kappa shape index (κ3) is 4.54. The summed E-state index contributed by atoms with van der Waals surface area (Å²) in [5, 5.41) is 2.77.